The molecule has 1 aromatic heterocycles. The van der Waals surface area contributed by atoms with Gasteiger partial charge in [0.05, 0.1) is 5.57 Å². The first-order valence-corrected chi connectivity index (χ1v) is 6.78. The van der Waals surface area contributed by atoms with Gasteiger partial charge in [0.25, 0.3) is 5.91 Å². The lowest BCUT2D eigenvalue weighted by Gasteiger charge is -1.95. The molecular weight excluding hydrogens is 298 g/mol. The van der Waals surface area contributed by atoms with Gasteiger partial charge in [0.2, 0.25) is 0 Å². The summed E-state index contributed by atoms with van der Waals surface area (Å²) in [4.78, 5) is 12.9. The van der Waals surface area contributed by atoms with Gasteiger partial charge < -0.3 is 5.32 Å². The summed E-state index contributed by atoms with van der Waals surface area (Å²) in [6.45, 7) is 0. The summed E-state index contributed by atoms with van der Waals surface area (Å²) in [7, 11) is 0. The molecular formula is C13H8BrNOS. The van der Waals surface area contributed by atoms with E-state index < -0.39 is 0 Å². The van der Waals surface area contributed by atoms with Crippen LogP contribution < -0.4 is 5.32 Å². The summed E-state index contributed by atoms with van der Waals surface area (Å²) >= 11 is 5.02. The smallest absolute Gasteiger partial charge is 0.256 e. The molecule has 1 N–H and O–H groups in total. The lowest BCUT2D eigenvalue weighted by molar-refractivity contribution is -0.110. The maximum atomic E-state index is 11.9. The molecule has 0 saturated carbocycles. The molecule has 1 aliphatic heterocycles. The number of fused-ring (bicyclic) bond motifs is 1. The lowest BCUT2D eigenvalue weighted by Crippen LogP contribution is -2.03. The SMILES string of the molecule is O=C1Nc2ccccc2/C1=C\c1cc(Br)cs1. The number of anilines is 1. The van der Waals surface area contributed by atoms with Crippen LogP contribution in [0.2, 0.25) is 0 Å². The highest BCUT2D eigenvalue weighted by atomic mass is 79.9. The van der Waals surface area contributed by atoms with Crippen molar-refractivity contribution < 1.29 is 4.79 Å². The van der Waals surface area contributed by atoms with E-state index >= 15 is 0 Å². The second-order valence-electron chi connectivity index (χ2n) is 3.73. The number of halogens is 1. The molecule has 0 bridgehead atoms. The van der Waals surface area contributed by atoms with Crippen LogP contribution in [0.4, 0.5) is 5.69 Å². The van der Waals surface area contributed by atoms with Crippen molar-refractivity contribution in [1.82, 2.24) is 0 Å². The Morgan fingerprint density at radius 2 is 2.12 bits per heavy atom. The number of nitrogens with one attached hydrogen (secondary N) is 1. The monoisotopic (exact) mass is 305 g/mol. The topological polar surface area (TPSA) is 29.1 Å². The molecule has 0 spiro atoms. The molecule has 84 valence electrons. The number of rotatable bonds is 1. The van der Waals surface area contributed by atoms with E-state index in [1.54, 1.807) is 11.3 Å². The number of benzene rings is 1. The van der Waals surface area contributed by atoms with Crippen LogP contribution in [0.3, 0.4) is 0 Å². The average molecular weight is 306 g/mol. The van der Waals surface area contributed by atoms with Crippen molar-refractivity contribution in [2.75, 3.05) is 5.32 Å². The van der Waals surface area contributed by atoms with Gasteiger partial charge in [-0.05, 0) is 34.1 Å². The fourth-order valence-corrected chi connectivity index (χ4v) is 3.20. The van der Waals surface area contributed by atoms with Crippen LogP contribution >= 0.6 is 27.3 Å². The second-order valence-corrected chi connectivity index (χ2v) is 5.58. The third-order valence-electron chi connectivity index (χ3n) is 2.58. The molecule has 1 aliphatic rings. The average Bonchev–Trinajstić information content (AvgIpc) is 2.85. The maximum Gasteiger partial charge on any atom is 0.256 e. The van der Waals surface area contributed by atoms with E-state index in [1.807, 2.05) is 41.8 Å². The van der Waals surface area contributed by atoms with Crippen molar-refractivity contribution in [2.24, 2.45) is 0 Å². The molecule has 2 heterocycles. The third kappa shape index (κ3) is 1.94. The zero-order valence-corrected chi connectivity index (χ0v) is 11.1. The summed E-state index contributed by atoms with van der Waals surface area (Å²) in [6.07, 6.45) is 1.93. The number of hydrogen-bond donors (Lipinski definition) is 1. The highest BCUT2D eigenvalue weighted by Gasteiger charge is 2.23. The number of amides is 1. The van der Waals surface area contributed by atoms with Gasteiger partial charge in [0, 0.05) is 26.0 Å². The third-order valence-corrected chi connectivity index (χ3v) is 4.22. The molecule has 3 rings (SSSR count). The van der Waals surface area contributed by atoms with Gasteiger partial charge in [-0.15, -0.1) is 11.3 Å². The number of carbonyl (C=O) groups is 1. The van der Waals surface area contributed by atoms with Crippen molar-refractivity contribution >= 4 is 50.5 Å². The van der Waals surface area contributed by atoms with Crippen LogP contribution in [-0.2, 0) is 4.79 Å². The Hall–Kier alpha value is -1.39. The second kappa shape index (κ2) is 4.13. The van der Waals surface area contributed by atoms with E-state index in [4.69, 9.17) is 0 Å². The van der Waals surface area contributed by atoms with Crippen molar-refractivity contribution in [3.05, 3.63) is 50.6 Å². The van der Waals surface area contributed by atoms with Gasteiger partial charge in [-0.2, -0.15) is 0 Å². The molecule has 2 nitrogen and oxygen atoms in total. The Morgan fingerprint density at radius 1 is 1.29 bits per heavy atom. The Kier molecular flexibility index (Phi) is 2.61. The van der Waals surface area contributed by atoms with Crippen molar-refractivity contribution in [2.45, 2.75) is 0 Å². The molecule has 17 heavy (non-hydrogen) atoms. The van der Waals surface area contributed by atoms with E-state index in [2.05, 4.69) is 21.2 Å². The first kappa shape index (κ1) is 10.7. The Bertz CT molecular complexity index is 630. The van der Waals surface area contributed by atoms with Crippen molar-refractivity contribution in [3.63, 3.8) is 0 Å². The summed E-state index contributed by atoms with van der Waals surface area (Å²) in [6, 6.07) is 9.74. The van der Waals surface area contributed by atoms with E-state index in [0.29, 0.717) is 0 Å². The van der Waals surface area contributed by atoms with Gasteiger partial charge in [-0.1, -0.05) is 18.2 Å². The van der Waals surface area contributed by atoms with Crippen LogP contribution in [0.5, 0.6) is 0 Å². The molecule has 0 aliphatic carbocycles. The molecule has 4 heteroatoms. The van der Waals surface area contributed by atoms with Gasteiger partial charge in [0.1, 0.15) is 0 Å². The van der Waals surface area contributed by atoms with E-state index in [9.17, 15) is 4.79 Å². The van der Waals surface area contributed by atoms with Gasteiger partial charge in [-0.25, -0.2) is 0 Å². The van der Waals surface area contributed by atoms with Crippen LogP contribution in [-0.4, -0.2) is 5.91 Å². The van der Waals surface area contributed by atoms with Crippen molar-refractivity contribution in [3.8, 4) is 0 Å². The lowest BCUT2D eigenvalue weighted by atomic mass is 10.1. The maximum absolute atomic E-state index is 11.9. The van der Waals surface area contributed by atoms with Gasteiger partial charge in [-0.3, -0.25) is 4.79 Å². The predicted octanol–water partition coefficient (Wildman–Crippen LogP) is 4.00. The summed E-state index contributed by atoms with van der Waals surface area (Å²) in [5, 5.41) is 4.87. The zero-order valence-electron chi connectivity index (χ0n) is 8.74. The minimum absolute atomic E-state index is 0.0317. The number of hydrogen-bond acceptors (Lipinski definition) is 2. The van der Waals surface area contributed by atoms with E-state index in [-0.39, 0.29) is 5.91 Å². The molecule has 2 aromatic rings. The molecule has 0 atom stereocenters. The minimum atomic E-state index is -0.0317. The van der Waals surface area contributed by atoms with Crippen molar-refractivity contribution in [1.29, 1.82) is 0 Å². The Labute approximate surface area is 111 Å². The highest BCUT2D eigenvalue weighted by Crippen LogP contribution is 2.34. The van der Waals surface area contributed by atoms with Gasteiger partial charge in [0.15, 0.2) is 0 Å². The molecule has 0 radical (unpaired) electrons. The van der Waals surface area contributed by atoms with Crippen LogP contribution in [0.25, 0.3) is 11.6 Å². The van der Waals surface area contributed by atoms with Crippen LogP contribution in [0, 0.1) is 0 Å². The van der Waals surface area contributed by atoms with Crippen LogP contribution in [0.1, 0.15) is 10.4 Å². The number of para-hydroxylation sites is 1. The largest absolute Gasteiger partial charge is 0.321 e. The summed E-state index contributed by atoms with van der Waals surface area (Å²) in [5.41, 5.74) is 2.59. The molecule has 0 fully saturated rings. The standard InChI is InChI=1S/C13H8BrNOS/c14-8-5-9(17-7-8)6-11-10-3-1-2-4-12(10)15-13(11)16/h1-7H,(H,15,16)/b11-6+. The number of thiophene rings is 1. The predicted molar refractivity (Wildman–Crippen MR) is 75.0 cm³/mol. The Balaban J connectivity index is 2.09. The molecule has 0 saturated heterocycles. The normalized spacial score (nSPS) is 16.1. The zero-order chi connectivity index (χ0) is 11.8. The first-order chi connectivity index (χ1) is 8.24. The summed E-state index contributed by atoms with van der Waals surface area (Å²) in [5.74, 6) is -0.0317. The molecule has 0 unspecified atom stereocenters. The fraction of sp³-hybridized carbons (Fsp3) is 0. The Morgan fingerprint density at radius 3 is 2.88 bits per heavy atom. The fourth-order valence-electron chi connectivity index (χ4n) is 1.83. The quantitative estimate of drug-likeness (QED) is 0.793. The number of carbonyl (C=O) groups excluding carboxylic acids is 1. The van der Waals surface area contributed by atoms with Crippen LogP contribution in [0.15, 0.2) is 40.2 Å². The highest BCUT2D eigenvalue weighted by molar-refractivity contribution is 9.10. The van der Waals surface area contributed by atoms with E-state index in [0.717, 1.165) is 26.2 Å². The molecule has 1 aromatic carbocycles. The first-order valence-electron chi connectivity index (χ1n) is 5.10. The van der Waals surface area contributed by atoms with Gasteiger partial charge >= 0.3 is 0 Å². The minimum Gasteiger partial charge on any atom is -0.321 e. The summed E-state index contributed by atoms with van der Waals surface area (Å²) < 4.78 is 1.04. The van der Waals surface area contributed by atoms with E-state index in [1.165, 1.54) is 0 Å². The molecule has 1 amide bonds.